The Morgan fingerprint density at radius 3 is 2.68 bits per heavy atom. The number of nitrogens with zero attached hydrogens (tertiary/aromatic N) is 2. The van der Waals surface area contributed by atoms with Crippen LogP contribution in [-0.2, 0) is 19.4 Å². The second-order valence-electron chi connectivity index (χ2n) is 7.99. The predicted molar refractivity (Wildman–Crippen MR) is 109 cm³/mol. The summed E-state index contributed by atoms with van der Waals surface area (Å²) in [4.78, 5) is 40.3. The first-order chi connectivity index (χ1) is 14.7. The Morgan fingerprint density at radius 2 is 1.94 bits per heavy atom. The highest BCUT2D eigenvalue weighted by molar-refractivity contribution is 7.90. The first-order valence-corrected chi connectivity index (χ1v) is 12.3. The third-order valence-electron chi connectivity index (χ3n) is 5.70. The molecule has 10 nitrogen and oxygen atoms in total. The molecule has 2 saturated heterocycles. The third-order valence-corrected chi connectivity index (χ3v) is 6.68. The Bertz CT molecular complexity index is 1010. The van der Waals surface area contributed by atoms with Crippen LogP contribution in [0.4, 0.5) is 4.79 Å². The summed E-state index contributed by atoms with van der Waals surface area (Å²) in [6.45, 7) is 1.12. The van der Waals surface area contributed by atoms with Crippen molar-refractivity contribution in [3.8, 4) is 11.5 Å². The second-order valence-corrected chi connectivity index (χ2v) is 10.3. The minimum absolute atomic E-state index is 0.0162. The van der Waals surface area contributed by atoms with E-state index < -0.39 is 27.8 Å². The van der Waals surface area contributed by atoms with Gasteiger partial charge in [0.25, 0.3) is 5.91 Å². The fourth-order valence-electron chi connectivity index (χ4n) is 4.16. The number of fused-ring (bicyclic) bond motifs is 1. The summed E-state index contributed by atoms with van der Waals surface area (Å²) in [5, 5.41) is 2.47. The Morgan fingerprint density at radius 1 is 1.19 bits per heavy atom. The van der Waals surface area contributed by atoms with Gasteiger partial charge in [0, 0.05) is 12.8 Å². The van der Waals surface area contributed by atoms with Crippen molar-refractivity contribution in [3.05, 3.63) is 23.8 Å². The minimum atomic E-state index is -3.27. The van der Waals surface area contributed by atoms with Gasteiger partial charge in [0.15, 0.2) is 11.5 Å². The van der Waals surface area contributed by atoms with Crippen LogP contribution in [-0.4, -0.2) is 80.4 Å². The lowest BCUT2D eigenvalue weighted by Crippen LogP contribution is -2.43. The maximum Gasteiger partial charge on any atom is 0.325 e. The predicted octanol–water partition coefficient (Wildman–Crippen LogP) is 0.476. The van der Waals surface area contributed by atoms with Gasteiger partial charge in [0.1, 0.15) is 35.6 Å². The number of carbonyl (C=O) groups is 3. The van der Waals surface area contributed by atoms with Gasteiger partial charge in [0.05, 0.1) is 11.8 Å². The van der Waals surface area contributed by atoms with Crippen molar-refractivity contribution >= 4 is 27.7 Å². The highest BCUT2D eigenvalue weighted by atomic mass is 32.2. The van der Waals surface area contributed by atoms with Gasteiger partial charge in [-0.2, -0.15) is 0 Å². The number of benzene rings is 1. The quantitative estimate of drug-likeness (QED) is 0.624. The molecule has 2 atom stereocenters. The van der Waals surface area contributed by atoms with Crippen molar-refractivity contribution in [2.24, 2.45) is 0 Å². The van der Waals surface area contributed by atoms with Gasteiger partial charge < -0.3 is 19.7 Å². The third kappa shape index (κ3) is 4.60. The number of carbonyl (C=O) groups excluding carboxylic acids is 3. The summed E-state index contributed by atoms with van der Waals surface area (Å²) in [6, 6.07) is 3.83. The van der Waals surface area contributed by atoms with Gasteiger partial charge >= 0.3 is 6.03 Å². The molecule has 3 heterocycles. The van der Waals surface area contributed by atoms with E-state index in [1.165, 1.54) is 0 Å². The fourth-order valence-corrected chi connectivity index (χ4v) is 4.82. The van der Waals surface area contributed by atoms with Gasteiger partial charge in [0.2, 0.25) is 5.91 Å². The molecule has 3 aliphatic heterocycles. The van der Waals surface area contributed by atoms with E-state index in [4.69, 9.17) is 9.47 Å². The largest absolute Gasteiger partial charge is 0.486 e. The Balaban J connectivity index is 1.43. The van der Waals surface area contributed by atoms with E-state index in [9.17, 15) is 22.8 Å². The lowest BCUT2D eigenvalue weighted by Gasteiger charge is -2.28. The molecule has 1 aromatic rings. The summed E-state index contributed by atoms with van der Waals surface area (Å²) < 4.78 is 33.9. The maximum atomic E-state index is 13.0. The van der Waals surface area contributed by atoms with Crippen LogP contribution in [0.15, 0.2) is 18.2 Å². The SMILES string of the molecule is CS(=O)(=O)CC[C@@H]1NC(=O)N(CC(=O)N2CCC[C@@H]2c2ccc3c(c2)OCCO3)C1=O. The number of imide groups is 1. The van der Waals surface area contributed by atoms with Crippen LogP contribution in [0, 0.1) is 0 Å². The number of likely N-dealkylation sites (tertiary alicyclic amines) is 1. The van der Waals surface area contributed by atoms with E-state index >= 15 is 0 Å². The van der Waals surface area contributed by atoms with Crippen LogP contribution >= 0.6 is 0 Å². The lowest BCUT2D eigenvalue weighted by molar-refractivity contribution is -0.138. The normalized spacial score (nSPS) is 23.3. The Hall–Kier alpha value is -2.82. The van der Waals surface area contributed by atoms with Crippen molar-refractivity contribution in [2.45, 2.75) is 31.3 Å². The maximum absolute atomic E-state index is 13.0. The summed E-state index contributed by atoms with van der Waals surface area (Å²) in [6.07, 6.45) is 2.63. The molecule has 1 N–H and O–H groups in total. The average Bonchev–Trinajstić information content (AvgIpc) is 3.32. The van der Waals surface area contributed by atoms with Crippen molar-refractivity contribution in [2.75, 3.05) is 38.3 Å². The molecule has 1 aromatic carbocycles. The molecular formula is C20H25N3O7S. The van der Waals surface area contributed by atoms with Gasteiger partial charge in [-0.1, -0.05) is 6.07 Å². The van der Waals surface area contributed by atoms with Crippen molar-refractivity contribution in [1.29, 1.82) is 0 Å². The topological polar surface area (TPSA) is 122 Å². The van der Waals surface area contributed by atoms with Crippen LogP contribution in [0.2, 0.25) is 0 Å². The van der Waals surface area contributed by atoms with E-state index in [1.807, 2.05) is 18.2 Å². The standard InChI is InChI=1S/C20H25N3O7S/c1-31(27,28)10-6-14-19(25)23(20(26)21-14)12-18(24)22-7-2-3-15(22)13-4-5-16-17(11-13)30-9-8-29-16/h4-5,11,14-15H,2-3,6-10,12H2,1H3,(H,21,26)/t14-,15+/m0/s1. The molecule has 0 bridgehead atoms. The number of hydrogen-bond acceptors (Lipinski definition) is 7. The van der Waals surface area contributed by atoms with E-state index in [0.717, 1.165) is 29.6 Å². The molecule has 11 heteroatoms. The van der Waals surface area contributed by atoms with Crippen molar-refractivity contribution in [3.63, 3.8) is 0 Å². The van der Waals surface area contributed by atoms with Crippen molar-refractivity contribution in [1.82, 2.24) is 15.1 Å². The smallest absolute Gasteiger partial charge is 0.325 e. The number of urea groups is 1. The summed E-state index contributed by atoms with van der Waals surface area (Å²) >= 11 is 0. The van der Waals surface area contributed by atoms with Gasteiger partial charge in [-0.3, -0.25) is 14.5 Å². The number of rotatable bonds is 6. The first kappa shape index (κ1) is 21.4. The molecule has 4 amide bonds. The number of hydrogen-bond donors (Lipinski definition) is 1. The van der Waals surface area contributed by atoms with Gasteiger partial charge in [-0.25, -0.2) is 13.2 Å². The van der Waals surface area contributed by atoms with E-state index in [1.54, 1.807) is 4.90 Å². The molecule has 0 saturated carbocycles. The Kier molecular flexibility index (Phi) is 5.78. The summed E-state index contributed by atoms with van der Waals surface area (Å²) in [7, 11) is -3.27. The number of nitrogens with one attached hydrogen (secondary N) is 1. The molecule has 4 rings (SSSR count). The van der Waals surface area contributed by atoms with Gasteiger partial charge in [-0.15, -0.1) is 0 Å². The number of sulfone groups is 1. The molecule has 0 aliphatic carbocycles. The van der Waals surface area contributed by atoms with Crippen LogP contribution in [0.1, 0.15) is 30.9 Å². The zero-order chi connectivity index (χ0) is 22.2. The van der Waals surface area contributed by atoms with E-state index in [-0.39, 0.29) is 30.7 Å². The minimum Gasteiger partial charge on any atom is -0.486 e. The molecule has 0 radical (unpaired) electrons. The number of ether oxygens (including phenoxy) is 2. The van der Waals surface area contributed by atoms with E-state index in [0.29, 0.717) is 31.3 Å². The molecular weight excluding hydrogens is 426 g/mol. The van der Waals surface area contributed by atoms with Gasteiger partial charge in [-0.05, 0) is 37.0 Å². The molecule has 168 valence electrons. The van der Waals surface area contributed by atoms with Crippen LogP contribution in [0.3, 0.4) is 0 Å². The highest BCUT2D eigenvalue weighted by Gasteiger charge is 2.41. The lowest BCUT2D eigenvalue weighted by atomic mass is 10.0. The van der Waals surface area contributed by atoms with Crippen LogP contribution in [0.5, 0.6) is 11.5 Å². The summed E-state index contributed by atoms with van der Waals surface area (Å²) in [5.41, 5.74) is 0.915. The average molecular weight is 452 g/mol. The van der Waals surface area contributed by atoms with Crippen LogP contribution in [0.25, 0.3) is 0 Å². The molecule has 0 spiro atoms. The van der Waals surface area contributed by atoms with Crippen LogP contribution < -0.4 is 14.8 Å². The molecule has 31 heavy (non-hydrogen) atoms. The zero-order valence-electron chi connectivity index (χ0n) is 17.2. The molecule has 0 aromatic heterocycles. The summed E-state index contributed by atoms with van der Waals surface area (Å²) in [5.74, 6) is 0.196. The number of amides is 4. The Labute approximate surface area is 180 Å². The zero-order valence-corrected chi connectivity index (χ0v) is 18.0. The molecule has 0 unspecified atom stereocenters. The second kappa shape index (κ2) is 8.37. The highest BCUT2D eigenvalue weighted by Crippen LogP contribution is 2.38. The monoisotopic (exact) mass is 451 g/mol. The van der Waals surface area contributed by atoms with Crippen molar-refractivity contribution < 1.29 is 32.3 Å². The fraction of sp³-hybridized carbons (Fsp3) is 0.550. The molecule has 3 aliphatic rings. The van der Waals surface area contributed by atoms with E-state index in [2.05, 4.69) is 5.32 Å². The molecule has 2 fully saturated rings. The first-order valence-electron chi connectivity index (χ1n) is 10.2.